The van der Waals surface area contributed by atoms with Crippen LogP contribution in [0.4, 0.5) is 0 Å². The van der Waals surface area contributed by atoms with E-state index in [1.807, 2.05) is 54.8 Å². The van der Waals surface area contributed by atoms with Gasteiger partial charge in [0.05, 0.1) is 35.4 Å². The maximum Gasteiger partial charge on any atom is 0.135 e. The van der Waals surface area contributed by atoms with Crippen molar-refractivity contribution in [2.24, 2.45) is 0 Å². The van der Waals surface area contributed by atoms with Crippen molar-refractivity contribution in [1.29, 1.82) is 5.41 Å². The summed E-state index contributed by atoms with van der Waals surface area (Å²) >= 11 is 1.44. The number of aryl methyl sites for hydroxylation is 1. The molecule has 2 aromatic heterocycles. The van der Waals surface area contributed by atoms with Gasteiger partial charge in [0.15, 0.2) is 0 Å². The third kappa shape index (κ3) is 3.19. The molecule has 3 heterocycles. The molecule has 6 nitrogen and oxygen atoms in total. The van der Waals surface area contributed by atoms with Crippen LogP contribution in [-0.4, -0.2) is 37.3 Å². The maximum absolute atomic E-state index is 10.6. The Hall–Kier alpha value is -3.45. The zero-order valence-electron chi connectivity index (χ0n) is 15.8. The minimum atomic E-state index is 0.177. The van der Waals surface area contributed by atoms with Crippen LogP contribution in [0.25, 0.3) is 27.9 Å². The number of rotatable bonds is 4. The maximum atomic E-state index is 10.6. The standard InChI is InChI=1S/C22H19N5OS/c1-13-7-8-15-16(9-13)25-19(24-15)11-27-10-18(28)20(21(27)23)22-26-17(12-29-22)14-5-3-2-4-6-14/h2-9,12,23,28H,10-11H2,1H3,(H,24,25). The zero-order chi connectivity index (χ0) is 20.0. The molecule has 4 aromatic rings. The highest BCUT2D eigenvalue weighted by atomic mass is 32.1. The number of fused-ring (bicyclic) bond motifs is 1. The van der Waals surface area contributed by atoms with Crippen LogP contribution < -0.4 is 0 Å². The first kappa shape index (κ1) is 17.6. The fourth-order valence-electron chi connectivity index (χ4n) is 3.56. The Morgan fingerprint density at radius 3 is 2.83 bits per heavy atom. The fraction of sp³-hybridized carbons (Fsp3) is 0.136. The van der Waals surface area contributed by atoms with Gasteiger partial charge in [-0.2, -0.15) is 0 Å². The Balaban J connectivity index is 1.38. The van der Waals surface area contributed by atoms with E-state index in [4.69, 9.17) is 5.41 Å². The molecule has 0 saturated carbocycles. The molecule has 5 rings (SSSR count). The van der Waals surface area contributed by atoms with Gasteiger partial charge in [0.2, 0.25) is 0 Å². The van der Waals surface area contributed by atoms with Crippen molar-refractivity contribution in [3.8, 4) is 11.3 Å². The summed E-state index contributed by atoms with van der Waals surface area (Å²) in [6.07, 6.45) is 0. The van der Waals surface area contributed by atoms with E-state index in [1.165, 1.54) is 16.9 Å². The van der Waals surface area contributed by atoms with Crippen LogP contribution in [0, 0.1) is 12.3 Å². The SMILES string of the molecule is Cc1ccc2nc(CN3CC(O)=C(c4nc(-c5ccccc5)cs4)C3=N)[nH]c2c1. The van der Waals surface area contributed by atoms with Crippen LogP contribution in [0.15, 0.2) is 59.7 Å². The molecule has 7 heteroatoms. The smallest absolute Gasteiger partial charge is 0.135 e. The molecule has 0 fully saturated rings. The van der Waals surface area contributed by atoms with Gasteiger partial charge in [-0.15, -0.1) is 11.3 Å². The summed E-state index contributed by atoms with van der Waals surface area (Å²) < 4.78 is 0. The van der Waals surface area contributed by atoms with E-state index in [-0.39, 0.29) is 18.1 Å². The largest absolute Gasteiger partial charge is 0.510 e. The number of imidazole rings is 1. The van der Waals surface area contributed by atoms with Crippen LogP contribution in [0.5, 0.6) is 0 Å². The second kappa shape index (κ2) is 6.86. The quantitative estimate of drug-likeness (QED) is 0.460. The van der Waals surface area contributed by atoms with E-state index in [9.17, 15) is 5.11 Å². The molecule has 0 amide bonds. The fourth-order valence-corrected chi connectivity index (χ4v) is 4.45. The number of nitrogens with one attached hydrogen (secondary N) is 2. The second-order valence-corrected chi connectivity index (χ2v) is 7.99. The number of benzene rings is 2. The Bertz CT molecular complexity index is 1250. The molecule has 0 saturated heterocycles. The summed E-state index contributed by atoms with van der Waals surface area (Å²) in [6.45, 7) is 2.75. The molecule has 0 unspecified atom stereocenters. The van der Waals surface area contributed by atoms with Gasteiger partial charge in [-0.05, 0) is 24.6 Å². The van der Waals surface area contributed by atoms with Gasteiger partial charge in [0, 0.05) is 10.9 Å². The van der Waals surface area contributed by atoms with Gasteiger partial charge in [0.1, 0.15) is 22.4 Å². The first-order valence-electron chi connectivity index (χ1n) is 9.31. The summed E-state index contributed by atoms with van der Waals surface area (Å²) in [4.78, 5) is 14.4. The number of H-pyrrole nitrogens is 1. The van der Waals surface area contributed by atoms with Gasteiger partial charge < -0.3 is 15.0 Å². The lowest BCUT2D eigenvalue weighted by Crippen LogP contribution is -2.26. The van der Waals surface area contributed by atoms with E-state index in [2.05, 4.69) is 21.0 Å². The van der Waals surface area contributed by atoms with E-state index in [0.717, 1.165) is 28.1 Å². The van der Waals surface area contributed by atoms with Gasteiger partial charge in [0.25, 0.3) is 0 Å². The topological polar surface area (TPSA) is 88.9 Å². The predicted molar refractivity (Wildman–Crippen MR) is 116 cm³/mol. The third-order valence-corrected chi connectivity index (χ3v) is 5.86. The van der Waals surface area contributed by atoms with Crippen molar-refractivity contribution in [2.75, 3.05) is 6.54 Å². The first-order chi connectivity index (χ1) is 14.1. The van der Waals surface area contributed by atoms with Gasteiger partial charge >= 0.3 is 0 Å². The number of aromatic nitrogens is 3. The van der Waals surface area contributed by atoms with Crippen LogP contribution >= 0.6 is 11.3 Å². The average Bonchev–Trinajstić information content (AvgIpc) is 3.40. The molecule has 2 aromatic carbocycles. The normalized spacial score (nSPS) is 14.4. The van der Waals surface area contributed by atoms with E-state index in [0.29, 0.717) is 17.1 Å². The van der Waals surface area contributed by atoms with Crippen LogP contribution in [0.1, 0.15) is 16.4 Å². The number of hydrogen-bond acceptors (Lipinski definition) is 5. The molecule has 29 heavy (non-hydrogen) atoms. The van der Waals surface area contributed by atoms with Crippen molar-refractivity contribution in [3.05, 3.63) is 76.1 Å². The van der Waals surface area contributed by atoms with Crippen LogP contribution in [0.3, 0.4) is 0 Å². The van der Waals surface area contributed by atoms with Crippen molar-refractivity contribution < 1.29 is 5.11 Å². The molecule has 1 aliphatic heterocycles. The number of aliphatic hydroxyl groups is 1. The average molecular weight is 401 g/mol. The van der Waals surface area contributed by atoms with Crippen molar-refractivity contribution in [1.82, 2.24) is 19.9 Å². The van der Waals surface area contributed by atoms with E-state index >= 15 is 0 Å². The van der Waals surface area contributed by atoms with Crippen molar-refractivity contribution in [2.45, 2.75) is 13.5 Å². The number of aliphatic hydroxyl groups excluding tert-OH is 1. The summed E-state index contributed by atoms with van der Waals surface area (Å²) in [5, 5.41) is 21.8. The second-order valence-electron chi connectivity index (χ2n) is 7.13. The Kier molecular flexibility index (Phi) is 4.17. The molecule has 0 radical (unpaired) electrons. The molecular formula is C22H19N5OS. The molecular weight excluding hydrogens is 382 g/mol. The van der Waals surface area contributed by atoms with Crippen molar-refractivity contribution >= 4 is 33.8 Å². The van der Waals surface area contributed by atoms with E-state index < -0.39 is 0 Å². The lowest BCUT2D eigenvalue weighted by atomic mass is 10.2. The van der Waals surface area contributed by atoms with Gasteiger partial charge in [-0.1, -0.05) is 36.4 Å². The number of amidine groups is 1. The molecule has 3 N–H and O–H groups in total. The summed E-state index contributed by atoms with van der Waals surface area (Å²) in [5.41, 5.74) is 5.43. The highest BCUT2D eigenvalue weighted by molar-refractivity contribution is 7.11. The molecule has 1 aliphatic rings. The molecule has 0 aliphatic carbocycles. The molecule has 0 bridgehead atoms. The first-order valence-corrected chi connectivity index (χ1v) is 10.2. The summed E-state index contributed by atoms with van der Waals surface area (Å²) in [5.74, 6) is 1.22. The lowest BCUT2D eigenvalue weighted by molar-refractivity contribution is 0.344. The van der Waals surface area contributed by atoms with Crippen molar-refractivity contribution in [3.63, 3.8) is 0 Å². The monoisotopic (exact) mass is 401 g/mol. The Labute approximate surface area is 171 Å². The third-order valence-electron chi connectivity index (χ3n) is 5.00. The summed E-state index contributed by atoms with van der Waals surface area (Å²) in [7, 11) is 0. The number of hydrogen-bond donors (Lipinski definition) is 3. The van der Waals surface area contributed by atoms with Gasteiger partial charge in [-0.3, -0.25) is 5.41 Å². The highest BCUT2D eigenvalue weighted by Crippen LogP contribution is 2.32. The Morgan fingerprint density at radius 2 is 2.00 bits per heavy atom. The zero-order valence-corrected chi connectivity index (χ0v) is 16.6. The number of aromatic amines is 1. The Morgan fingerprint density at radius 1 is 1.17 bits per heavy atom. The van der Waals surface area contributed by atoms with Crippen LogP contribution in [0.2, 0.25) is 0 Å². The minimum absolute atomic E-state index is 0.177. The lowest BCUT2D eigenvalue weighted by Gasteiger charge is -2.16. The predicted octanol–water partition coefficient (Wildman–Crippen LogP) is 4.76. The van der Waals surface area contributed by atoms with E-state index in [1.54, 1.807) is 4.90 Å². The molecule has 0 spiro atoms. The number of nitrogens with zero attached hydrogens (tertiary/aromatic N) is 3. The highest BCUT2D eigenvalue weighted by Gasteiger charge is 2.30. The molecule has 144 valence electrons. The number of thiazole rings is 1. The van der Waals surface area contributed by atoms with Gasteiger partial charge in [-0.25, -0.2) is 9.97 Å². The molecule has 0 atom stereocenters. The van der Waals surface area contributed by atoms with Crippen LogP contribution in [-0.2, 0) is 6.54 Å². The minimum Gasteiger partial charge on any atom is -0.510 e. The summed E-state index contributed by atoms with van der Waals surface area (Å²) in [6, 6.07) is 16.0.